The molecule has 98 valence electrons. The van der Waals surface area contributed by atoms with E-state index in [0.717, 1.165) is 12.1 Å². The van der Waals surface area contributed by atoms with E-state index in [-0.39, 0.29) is 12.5 Å². The molecule has 3 nitrogen and oxygen atoms in total. The van der Waals surface area contributed by atoms with E-state index in [4.69, 9.17) is 5.73 Å². The number of benzene rings is 2. The number of hydrogen-bond acceptors (Lipinski definition) is 2. The van der Waals surface area contributed by atoms with Crippen LogP contribution in [-0.4, -0.2) is 12.5 Å². The molecule has 2 aromatic carbocycles. The van der Waals surface area contributed by atoms with E-state index in [0.29, 0.717) is 0 Å². The maximum absolute atomic E-state index is 11.3. The number of nitrogens with one attached hydrogen (secondary N) is 1. The van der Waals surface area contributed by atoms with Crippen LogP contribution in [0.15, 0.2) is 48.5 Å². The summed E-state index contributed by atoms with van der Waals surface area (Å²) in [5.41, 5.74) is 9.70. The van der Waals surface area contributed by atoms with Gasteiger partial charge in [0, 0.05) is 5.69 Å². The van der Waals surface area contributed by atoms with Crippen molar-refractivity contribution in [1.82, 2.24) is 0 Å². The van der Waals surface area contributed by atoms with Gasteiger partial charge < -0.3 is 11.1 Å². The van der Waals surface area contributed by atoms with Gasteiger partial charge in [0.25, 0.3) is 0 Å². The number of amides is 1. The number of anilines is 1. The Hall–Kier alpha value is -2.13. The van der Waals surface area contributed by atoms with Crippen molar-refractivity contribution in [2.45, 2.75) is 13.3 Å². The van der Waals surface area contributed by atoms with Gasteiger partial charge in [0.05, 0.1) is 6.54 Å². The molecule has 0 aliphatic heterocycles. The minimum Gasteiger partial charge on any atom is -0.325 e. The molecule has 0 radical (unpaired) electrons. The van der Waals surface area contributed by atoms with Crippen LogP contribution in [0.2, 0.25) is 0 Å². The predicted octanol–water partition coefficient (Wildman–Crippen LogP) is 2.81. The second-order valence-electron chi connectivity index (χ2n) is 4.34. The number of carbonyl (C=O) groups is 1. The Morgan fingerprint density at radius 3 is 2.53 bits per heavy atom. The molecule has 0 fully saturated rings. The van der Waals surface area contributed by atoms with E-state index in [1.807, 2.05) is 36.4 Å². The van der Waals surface area contributed by atoms with E-state index in [1.54, 1.807) is 0 Å². The molecule has 0 saturated heterocycles. The number of aryl methyl sites for hydroxylation is 1. The Bertz CT molecular complexity index is 564. The van der Waals surface area contributed by atoms with Gasteiger partial charge >= 0.3 is 0 Å². The monoisotopic (exact) mass is 254 g/mol. The van der Waals surface area contributed by atoms with Crippen LogP contribution in [0.25, 0.3) is 11.1 Å². The highest BCUT2D eigenvalue weighted by Gasteiger charge is 2.06. The minimum absolute atomic E-state index is 0.00188. The van der Waals surface area contributed by atoms with Gasteiger partial charge in [-0.3, -0.25) is 4.79 Å². The lowest BCUT2D eigenvalue weighted by molar-refractivity contribution is -0.114. The summed E-state index contributed by atoms with van der Waals surface area (Å²) in [5.74, 6) is -0.172. The molecule has 0 atom stereocenters. The van der Waals surface area contributed by atoms with Crippen LogP contribution >= 0.6 is 0 Å². The molecule has 0 heterocycles. The zero-order valence-corrected chi connectivity index (χ0v) is 11.0. The average molecular weight is 254 g/mol. The number of hydrogen-bond donors (Lipinski definition) is 2. The smallest absolute Gasteiger partial charge is 0.238 e. The summed E-state index contributed by atoms with van der Waals surface area (Å²) in [6.45, 7) is 2.11. The summed E-state index contributed by atoms with van der Waals surface area (Å²) in [6.07, 6.45) is 0.913. The average Bonchev–Trinajstić information content (AvgIpc) is 2.47. The Kier molecular flexibility index (Phi) is 4.31. The van der Waals surface area contributed by atoms with Crippen LogP contribution in [0.4, 0.5) is 5.69 Å². The van der Waals surface area contributed by atoms with Crippen LogP contribution in [0.5, 0.6) is 0 Å². The third-order valence-electron chi connectivity index (χ3n) is 3.04. The number of rotatable bonds is 4. The molecular formula is C16H18N2O. The van der Waals surface area contributed by atoms with Crippen molar-refractivity contribution in [2.75, 3.05) is 11.9 Å². The van der Waals surface area contributed by atoms with E-state index in [2.05, 4.69) is 24.4 Å². The topological polar surface area (TPSA) is 55.1 Å². The van der Waals surface area contributed by atoms with Crippen LogP contribution in [-0.2, 0) is 11.2 Å². The Morgan fingerprint density at radius 1 is 1.16 bits per heavy atom. The van der Waals surface area contributed by atoms with E-state index in [1.165, 1.54) is 16.7 Å². The van der Waals surface area contributed by atoms with Gasteiger partial charge in [-0.25, -0.2) is 0 Å². The zero-order chi connectivity index (χ0) is 13.7. The molecule has 19 heavy (non-hydrogen) atoms. The van der Waals surface area contributed by atoms with Crippen molar-refractivity contribution in [1.29, 1.82) is 0 Å². The van der Waals surface area contributed by atoms with Crippen molar-refractivity contribution in [3.8, 4) is 11.1 Å². The summed E-state index contributed by atoms with van der Waals surface area (Å²) < 4.78 is 0. The predicted molar refractivity (Wildman–Crippen MR) is 78.9 cm³/mol. The molecule has 0 aliphatic rings. The van der Waals surface area contributed by atoms with E-state index in [9.17, 15) is 4.79 Å². The maximum Gasteiger partial charge on any atom is 0.238 e. The molecule has 0 bridgehead atoms. The van der Waals surface area contributed by atoms with Gasteiger partial charge in [-0.1, -0.05) is 43.3 Å². The quantitative estimate of drug-likeness (QED) is 0.881. The lowest BCUT2D eigenvalue weighted by atomic mass is 9.97. The van der Waals surface area contributed by atoms with Crippen molar-refractivity contribution < 1.29 is 4.79 Å². The summed E-state index contributed by atoms with van der Waals surface area (Å²) in [7, 11) is 0. The molecule has 1 amide bonds. The lowest BCUT2D eigenvalue weighted by Gasteiger charge is -2.11. The van der Waals surface area contributed by atoms with Gasteiger partial charge in [0.1, 0.15) is 0 Å². The Balaban J connectivity index is 2.34. The van der Waals surface area contributed by atoms with Crippen LogP contribution in [0.1, 0.15) is 12.5 Å². The Labute approximate surface area is 113 Å². The fourth-order valence-corrected chi connectivity index (χ4v) is 2.08. The van der Waals surface area contributed by atoms with E-state index >= 15 is 0 Å². The largest absolute Gasteiger partial charge is 0.325 e. The first-order valence-electron chi connectivity index (χ1n) is 6.43. The highest BCUT2D eigenvalue weighted by molar-refractivity contribution is 5.92. The molecule has 0 spiro atoms. The standard InChI is InChI=1S/C16H18N2O/c1-2-12-10-14(18-16(19)11-17)8-9-15(12)13-6-4-3-5-7-13/h3-10H,2,11,17H2,1H3,(H,18,19). The third kappa shape index (κ3) is 3.20. The maximum atomic E-state index is 11.3. The van der Waals surface area contributed by atoms with Gasteiger partial charge in [0.15, 0.2) is 0 Å². The van der Waals surface area contributed by atoms with Crippen molar-refractivity contribution in [2.24, 2.45) is 5.73 Å². The molecule has 0 saturated carbocycles. The second-order valence-corrected chi connectivity index (χ2v) is 4.34. The molecule has 0 aliphatic carbocycles. The molecular weight excluding hydrogens is 236 g/mol. The van der Waals surface area contributed by atoms with Gasteiger partial charge in [-0.15, -0.1) is 0 Å². The molecule has 0 aromatic heterocycles. The first-order chi connectivity index (χ1) is 9.24. The first-order valence-corrected chi connectivity index (χ1v) is 6.43. The van der Waals surface area contributed by atoms with Gasteiger partial charge in [-0.05, 0) is 35.2 Å². The first kappa shape index (κ1) is 13.3. The number of carbonyl (C=O) groups excluding carboxylic acids is 1. The third-order valence-corrected chi connectivity index (χ3v) is 3.04. The summed E-state index contributed by atoms with van der Waals surface area (Å²) in [6, 6.07) is 16.2. The second kappa shape index (κ2) is 6.16. The van der Waals surface area contributed by atoms with Crippen LogP contribution in [0, 0.1) is 0 Å². The molecule has 2 aromatic rings. The summed E-state index contributed by atoms with van der Waals surface area (Å²) in [5, 5.41) is 2.78. The highest BCUT2D eigenvalue weighted by Crippen LogP contribution is 2.26. The van der Waals surface area contributed by atoms with Gasteiger partial charge in [0.2, 0.25) is 5.91 Å². The summed E-state index contributed by atoms with van der Waals surface area (Å²) >= 11 is 0. The van der Waals surface area contributed by atoms with Crippen molar-refractivity contribution in [3.63, 3.8) is 0 Å². The lowest BCUT2D eigenvalue weighted by Crippen LogP contribution is -2.21. The normalized spacial score (nSPS) is 10.2. The molecule has 0 unspecified atom stereocenters. The van der Waals surface area contributed by atoms with E-state index < -0.39 is 0 Å². The summed E-state index contributed by atoms with van der Waals surface area (Å²) in [4.78, 5) is 11.3. The fraction of sp³-hybridized carbons (Fsp3) is 0.188. The number of nitrogens with two attached hydrogens (primary N) is 1. The SMILES string of the molecule is CCc1cc(NC(=O)CN)ccc1-c1ccccc1. The van der Waals surface area contributed by atoms with Crippen molar-refractivity contribution in [3.05, 3.63) is 54.1 Å². The highest BCUT2D eigenvalue weighted by atomic mass is 16.1. The minimum atomic E-state index is -0.172. The fourth-order valence-electron chi connectivity index (χ4n) is 2.08. The van der Waals surface area contributed by atoms with Crippen LogP contribution in [0.3, 0.4) is 0 Å². The zero-order valence-electron chi connectivity index (χ0n) is 11.0. The Morgan fingerprint density at radius 2 is 1.89 bits per heavy atom. The van der Waals surface area contributed by atoms with Crippen LogP contribution < -0.4 is 11.1 Å². The van der Waals surface area contributed by atoms with Crippen molar-refractivity contribution >= 4 is 11.6 Å². The molecule has 2 rings (SSSR count). The molecule has 3 N–H and O–H groups in total. The van der Waals surface area contributed by atoms with Gasteiger partial charge in [-0.2, -0.15) is 0 Å². The molecule has 3 heteroatoms.